The van der Waals surface area contributed by atoms with Crippen LogP contribution in [0.4, 0.5) is 0 Å². The number of rotatable bonds is 8. The van der Waals surface area contributed by atoms with E-state index in [1.54, 1.807) is 6.08 Å². The highest BCUT2D eigenvalue weighted by Gasteiger charge is 2.32. The zero-order valence-electron chi connectivity index (χ0n) is 24.0. The van der Waals surface area contributed by atoms with E-state index in [4.69, 9.17) is 5.84 Å². The predicted molar refractivity (Wildman–Crippen MR) is 159 cm³/mol. The van der Waals surface area contributed by atoms with Crippen molar-refractivity contribution in [3.8, 4) is 0 Å². The lowest BCUT2D eigenvalue weighted by molar-refractivity contribution is -0.128. The smallest absolute Gasteiger partial charge is 0.249 e. The first kappa shape index (κ1) is 28.8. The monoisotopic (exact) mass is 558 g/mol. The Morgan fingerprint density at radius 3 is 2.59 bits per heavy atom. The molecule has 218 valence electrons. The number of carbonyl (C=O) groups excluding carboxylic acids is 2. The van der Waals surface area contributed by atoms with Crippen molar-refractivity contribution >= 4 is 11.8 Å². The van der Waals surface area contributed by atoms with E-state index in [-0.39, 0.29) is 23.8 Å². The van der Waals surface area contributed by atoms with Gasteiger partial charge in [-0.05, 0) is 73.8 Å². The van der Waals surface area contributed by atoms with Gasteiger partial charge in [0.25, 0.3) is 0 Å². The summed E-state index contributed by atoms with van der Waals surface area (Å²) in [6.45, 7) is 4.86. The van der Waals surface area contributed by atoms with E-state index in [0.29, 0.717) is 37.3 Å². The maximum Gasteiger partial charge on any atom is 0.249 e. The molecule has 0 saturated carbocycles. The molecule has 5 aliphatic rings. The van der Waals surface area contributed by atoms with Crippen LogP contribution in [0.25, 0.3) is 0 Å². The molecule has 4 N–H and O–H groups in total. The summed E-state index contributed by atoms with van der Waals surface area (Å²) in [6, 6.07) is -0.0385. The Morgan fingerprint density at radius 2 is 1.88 bits per heavy atom. The summed E-state index contributed by atoms with van der Waals surface area (Å²) in [5, 5.41) is 21.7. The van der Waals surface area contributed by atoms with Crippen molar-refractivity contribution < 1.29 is 14.7 Å². The lowest BCUT2D eigenvalue weighted by atomic mass is 9.84. The molecule has 0 aromatic rings. The SMILES string of the molecule is CCCN(CC1CC=CC=C1O)C(=O)C1=CC2=CC=C(C3=CC=C(C(=O)N4CCCC4)CC3)CC2NC(N=NN)C1. The van der Waals surface area contributed by atoms with Crippen LogP contribution in [0.2, 0.25) is 0 Å². The highest BCUT2D eigenvalue weighted by atomic mass is 16.3. The van der Waals surface area contributed by atoms with E-state index in [2.05, 4.69) is 40.8 Å². The quantitative estimate of drug-likeness (QED) is 0.226. The summed E-state index contributed by atoms with van der Waals surface area (Å²) < 4.78 is 0. The third kappa shape index (κ3) is 6.78. The van der Waals surface area contributed by atoms with E-state index in [0.717, 1.165) is 62.8 Å². The van der Waals surface area contributed by atoms with Gasteiger partial charge in [0, 0.05) is 55.7 Å². The Morgan fingerprint density at radius 1 is 1.07 bits per heavy atom. The number of likely N-dealkylation sites (tertiary alicyclic amines) is 1. The highest BCUT2D eigenvalue weighted by Crippen LogP contribution is 2.34. The van der Waals surface area contributed by atoms with Crippen molar-refractivity contribution in [1.82, 2.24) is 15.1 Å². The fourth-order valence-corrected chi connectivity index (χ4v) is 6.38. The second kappa shape index (κ2) is 13.3. The van der Waals surface area contributed by atoms with Crippen LogP contribution in [0.3, 0.4) is 0 Å². The summed E-state index contributed by atoms with van der Waals surface area (Å²) >= 11 is 0. The van der Waals surface area contributed by atoms with Gasteiger partial charge in [-0.3, -0.25) is 14.9 Å². The zero-order chi connectivity index (χ0) is 28.8. The van der Waals surface area contributed by atoms with E-state index in [1.165, 1.54) is 11.1 Å². The highest BCUT2D eigenvalue weighted by molar-refractivity contribution is 5.95. The molecule has 5 rings (SSSR count). The average Bonchev–Trinajstić information content (AvgIpc) is 3.46. The fraction of sp³-hybridized carbons (Fsp3) is 0.500. The number of allylic oxidation sites excluding steroid dienone is 8. The number of hydrogen-bond donors (Lipinski definition) is 3. The van der Waals surface area contributed by atoms with Crippen LogP contribution in [0, 0.1) is 5.92 Å². The van der Waals surface area contributed by atoms with E-state index in [1.807, 2.05) is 34.1 Å². The lowest BCUT2D eigenvalue weighted by Gasteiger charge is -2.28. The van der Waals surface area contributed by atoms with Crippen molar-refractivity contribution in [2.24, 2.45) is 22.1 Å². The first-order valence-electron chi connectivity index (χ1n) is 15.0. The maximum atomic E-state index is 13.9. The Bertz CT molecular complexity index is 1280. The van der Waals surface area contributed by atoms with Gasteiger partial charge < -0.3 is 20.7 Å². The van der Waals surface area contributed by atoms with Gasteiger partial charge in [0.2, 0.25) is 11.8 Å². The third-order valence-corrected chi connectivity index (χ3v) is 8.63. The molecular formula is C32H42N6O3. The second-order valence-corrected chi connectivity index (χ2v) is 11.5. The van der Waals surface area contributed by atoms with Gasteiger partial charge in [-0.15, -0.1) is 0 Å². The minimum absolute atomic E-state index is 0.0385. The summed E-state index contributed by atoms with van der Waals surface area (Å²) in [6.07, 6.45) is 21.9. The second-order valence-electron chi connectivity index (χ2n) is 11.5. The minimum Gasteiger partial charge on any atom is -0.512 e. The Balaban J connectivity index is 1.36. The van der Waals surface area contributed by atoms with Crippen molar-refractivity contribution in [3.05, 3.63) is 82.2 Å². The first-order chi connectivity index (χ1) is 20.0. The first-order valence-corrected chi connectivity index (χ1v) is 15.0. The van der Waals surface area contributed by atoms with Crippen LogP contribution in [-0.4, -0.2) is 65.1 Å². The zero-order valence-corrected chi connectivity index (χ0v) is 24.0. The molecule has 3 aliphatic carbocycles. The molecule has 3 atom stereocenters. The molecule has 1 fully saturated rings. The molecule has 41 heavy (non-hydrogen) atoms. The van der Waals surface area contributed by atoms with Crippen LogP contribution in [0.5, 0.6) is 0 Å². The maximum absolute atomic E-state index is 13.9. The van der Waals surface area contributed by atoms with Gasteiger partial charge in [0.05, 0.1) is 5.76 Å². The topological polar surface area (TPSA) is 124 Å². The number of aliphatic hydroxyl groups excluding tert-OH is 1. The molecule has 3 unspecified atom stereocenters. The average molecular weight is 559 g/mol. The Kier molecular flexibility index (Phi) is 9.34. The number of nitrogens with zero attached hydrogens (tertiary/aromatic N) is 4. The van der Waals surface area contributed by atoms with Gasteiger partial charge >= 0.3 is 0 Å². The van der Waals surface area contributed by atoms with Crippen LogP contribution in [-0.2, 0) is 9.59 Å². The molecule has 0 bridgehead atoms. The summed E-state index contributed by atoms with van der Waals surface area (Å²) in [4.78, 5) is 30.5. The van der Waals surface area contributed by atoms with Crippen molar-refractivity contribution in [3.63, 3.8) is 0 Å². The van der Waals surface area contributed by atoms with Crippen molar-refractivity contribution in [2.45, 2.75) is 70.5 Å². The molecule has 2 heterocycles. The number of carbonyl (C=O) groups is 2. The molecule has 2 amide bonds. The normalized spacial score (nSPS) is 26.3. The van der Waals surface area contributed by atoms with Gasteiger partial charge in [0.15, 0.2) is 0 Å². The molecule has 0 spiro atoms. The van der Waals surface area contributed by atoms with Crippen molar-refractivity contribution in [2.75, 3.05) is 26.2 Å². The number of amides is 2. The Labute approximate surface area is 242 Å². The lowest BCUT2D eigenvalue weighted by Crippen LogP contribution is -2.40. The minimum atomic E-state index is -0.426. The third-order valence-electron chi connectivity index (χ3n) is 8.63. The fourth-order valence-electron chi connectivity index (χ4n) is 6.38. The molecule has 2 aliphatic heterocycles. The summed E-state index contributed by atoms with van der Waals surface area (Å²) in [5.41, 5.74) is 5.05. The van der Waals surface area contributed by atoms with Gasteiger partial charge in [0.1, 0.15) is 6.17 Å². The molecule has 0 radical (unpaired) electrons. The van der Waals surface area contributed by atoms with E-state index >= 15 is 0 Å². The van der Waals surface area contributed by atoms with Crippen LogP contribution < -0.4 is 11.2 Å². The molecular weight excluding hydrogens is 516 g/mol. The summed E-state index contributed by atoms with van der Waals surface area (Å²) in [5.74, 6) is 5.82. The number of hydrogen-bond acceptors (Lipinski definition) is 6. The van der Waals surface area contributed by atoms with Crippen LogP contribution >= 0.6 is 0 Å². The molecule has 1 saturated heterocycles. The molecule has 0 aromatic heterocycles. The number of aliphatic hydroxyl groups is 1. The van der Waals surface area contributed by atoms with Gasteiger partial charge in [-0.1, -0.05) is 48.6 Å². The standard InChI is InChI=1S/C32H42N6O3/c1-2-15-38(21-26-7-3-4-8-29(26)39)32(41)27-18-25-14-13-24(19-28(25)34-30(20-27)35-36-33)22-9-11-23(12-10-22)31(40)37-16-5-6-17-37/h3-4,8-9,11,13-14,18,26,28,30,34,39H,2,5-7,10,12,15-17,19-21H2,1H3,(H2,33,35). The largest absolute Gasteiger partial charge is 0.512 e. The number of nitrogens with one attached hydrogen (secondary N) is 1. The molecule has 0 aromatic carbocycles. The van der Waals surface area contributed by atoms with Gasteiger partial charge in [-0.25, -0.2) is 0 Å². The van der Waals surface area contributed by atoms with E-state index in [9.17, 15) is 14.7 Å². The Hall–Kier alpha value is -3.72. The molecule has 9 nitrogen and oxygen atoms in total. The van der Waals surface area contributed by atoms with Crippen LogP contribution in [0.1, 0.15) is 58.3 Å². The predicted octanol–water partition coefficient (Wildman–Crippen LogP) is 4.71. The van der Waals surface area contributed by atoms with Crippen LogP contribution in [0.15, 0.2) is 92.6 Å². The number of fused-ring (bicyclic) bond motifs is 1. The van der Waals surface area contributed by atoms with Gasteiger partial charge in [-0.2, -0.15) is 5.11 Å². The van der Waals surface area contributed by atoms with Crippen molar-refractivity contribution in [1.29, 1.82) is 0 Å². The number of nitrogens with two attached hydrogens (primary N) is 1. The molecule has 9 heteroatoms. The van der Waals surface area contributed by atoms with E-state index < -0.39 is 6.17 Å². The summed E-state index contributed by atoms with van der Waals surface area (Å²) in [7, 11) is 0.